The third-order valence-corrected chi connectivity index (χ3v) is 5.15. The van der Waals surface area contributed by atoms with Gasteiger partial charge in [0.1, 0.15) is 5.69 Å². The molecule has 0 N–H and O–H groups in total. The molecule has 128 valence electrons. The van der Waals surface area contributed by atoms with Gasteiger partial charge in [-0.3, -0.25) is 9.48 Å². The molecule has 1 saturated carbocycles. The zero-order valence-electron chi connectivity index (χ0n) is 14.3. The average Bonchev–Trinajstić information content (AvgIpc) is 3.14. The van der Waals surface area contributed by atoms with Crippen molar-refractivity contribution < 1.29 is 9.53 Å². The molecule has 0 radical (unpaired) electrons. The normalized spacial score (nSPS) is 20.2. The summed E-state index contributed by atoms with van der Waals surface area (Å²) in [5, 5.41) is 4.60. The summed E-state index contributed by atoms with van der Waals surface area (Å²) in [6.45, 7) is 2.17. The number of fused-ring (bicyclic) bond motifs is 1. The second kappa shape index (κ2) is 6.09. The minimum atomic E-state index is -0.0672. The van der Waals surface area contributed by atoms with Crippen LogP contribution in [-0.4, -0.2) is 45.4 Å². The smallest absolute Gasteiger partial charge is 0.271 e. The average molecular weight is 328 g/mol. The van der Waals surface area contributed by atoms with Crippen molar-refractivity contribution in [1.29, 1.82) is 0 Å². The van der Waals surface area contributed by atoms with Crippen LogP contribution in [0.4, 0.5) is 0 Å². The largest absolute Gasteiger partial charge is 0.382 e. The lowest BCUT2D eigenvalue weighted by Gasteiger charge is -2.36. The van der Waals surface area contributed by atoms with Crippen LogP contribution in [0.2, 0.25) is 0 Å². The molecule has 1 amide bonds. The van der Waals surface area contributed by atoms with Gasteiger partial charge in [0.05, 0.1) is 24.5 Å². The summed E-state index contributed by atoms with van der Waals surface area (Å²) < 4.78 is 9.46. The minimum Gasteiger partial charge on any atom is -0.382 e. The lowest BCUT2D eigenvalue weighted by Crippen LogP contribution is -2.43. The minimum absolute atomic E-state index is 0.0642. The summed E-state index contributed by atoms with van der Waals surface area (Å²) in [6.07, 6.45) is 7.32. The lowest BCUT2D eigenvalue weighted by molar-refractivity contribution is 0.0473. The predicted octanol–water partition coefficient (Wildman–Crippen LogP) is 2.02. The molecule has 0 spiro atoms. The molecule has 0 aromatic carbocycles. The predicted molar refractivity (Wildman–Crippen MR) is 89.7 cm³/mol. The lowest BCUT2D eigenvalue weighted by atomic mass is 9.99. The number of methoxy groups -OCH3 is 1. The van der Waals surface area contributed by atoms with Gasteiger partial charge in [0.15, 0.2) is 0 Å². The number of aromatic nitrogens is 3. The van der Waals surface area contributed by atoms with Crippen molar-refractivity contribution in [2.75, 3.05) is 20.3 Å². The topological polar surface area (TPSA) is 52.3 Å². The molecule has 1 aliphatic carbocycles. The zero-order chi connectivity index (χ0) is 16.7. The van der Waals surface area contributed by atoms with E-state index >= 15 is 0 Å². The van der Waals surface area contributed by atoms with Crippen molar-refractivity contribution in [3.05, 3.63) is 41.5 Å². The maximum absolute atomic E-state index is 13.1. The number of carbonyl (C=O) groups is 1. The highest BCUT2D eigenvalue weighted by Gasteiger charge is 2.36. The number of nitrogens with zero attached hydrogens (tertiary/aromatic N) is 4. The Morgan fingerprint density at radius 3 is 2.92 bits per heavy atom. The molecule has 1 atom stereocenters. The maximum Gasteiger partial charge on any atom is 0.271 e. The molecule has 0 saturated heterocycles. The molecule has 4 rings (SSSR count). The number of aryl methyl sites for hydroxylation is 1. The molecular weight excluding hydrogens is 304 g/mol. The van der Waals surface area contributed by atoms with Gasteiger partial charge >= 0.3 is 0 Å². The van der Waals surface area contributed by atoms with E-state index in [4.69, 9.17) is 4.74 Å². The molecule has 1 unspecified atom stereocenters. The molecule has 1 aliphatic heterocycles. The van der Waals surface area contributed by atoms with E-state index in [1.807, 2.05) is 41.0 Å². The Balaban J connectivity index is 1.67. The van der Waals surface area contributed by atoms with E-state index < -0.39 is 0 Å². The summed E-state index contributed by atoms with van der Waals surface area (Å²) in [5.74, 6) is 0.811. The maximum atomic E-state index is 13.1. The zero-order valence-corrected chi connectivity index (χ0v) is 14.3. The first kappa shape index (κ1) is 15.4. The molecule has 1 fully saturated rings. The van der Waals surface area contributed by atoms with Crippen LogP contribution < -0.4 is 0 Å². The Labute approximate surface area is 142 Å². The highest BCUT2D eigenvalue weighted by atomic mass is 16.5. The van der Waals surface area contributed by atoms with Gasteiger partial charge in [-0.25, -0.2) is 0 Å². The number of hydrogen-bond acceptors (Lipinski definition) is 3. The highest BCUT2D eigenvalue weighted by molar-refractivity contribution is 5.93. The molecule has 2 aliphatic rings. The summed E-state index contributed by atoms with van der Waals surface area (Å²) in [6, 6.07) is 3.72. The molecule has 0 bridgehead atoms. The van der Waals surface area contributed by atoms with Crippen molar-refractivity contribution in [2.45, 2.75) is 31.8 Å². The number of amides is 1. The molecule has 2 aromatic rings. The Kier molecular flexibility index (Phi) is 3.92. The molecule has 6 heteroatoms. The van der Waals surface area contributed by atoms with Crippen LogP contribution in [0.1, 0.15) is 40.6 Å². The van der Waals surface area contributed by atoms with Gasteiger partial charge in [0.2, 0.25) is 0 Å². The van der Waals surface area contributed by atoms with E-state index in [2.05, 4.69) is 9.78 Å². The standard InChI is InChI=1S/C18H24N4O2/c1-20-8-3-4-15(20)18(23)21-9-7-14-10-19-22(11-13-5-6-13)17(14)16(21)12-24-2/h3-4,8,10,13,16H,5-7,9,11-12H2,1-2H3. The van der Waals surface area contributed by atoms with E-state index in [0.717, 1.165) is 24.6 Å². The van der Waals surface area contributed by atoms with Crippen LogP contribution in [0.25, 0.3) is 0 Å². The first-order chi connectivity index (χ1) is 11.7. The van der Waals surface area contributed by atoms with Gasteiger partial charge in [-0.1, -0.05) is 0 Å². The van der Waals surface area contributed by atoms with Crippen molar-refractivity contribution in [1.82, 2.24) is 19.2 Å². The van der Waals surface area contributed by atoms with E-state index in [1.54, 1.807) is 7.11 Å². The number of hydrogen-bond donors (Lipinski definition) is 0. The first-order valence-electron chi connectivity index (χ1n) is 8.65. The quantitative estimate of drug-likeness (QED) is 0.844. The second-order valence-corrected chi connectivity index (χ2v) is 6.90. The van der Waals surface area contributed by atoms with Gasteiger partial charge in [0, 0.05) is 33.4 Å². The van der Waals surface area contributed by atoms with Gasteiger partial charge in [0.25, 0.3) is 5.91 Å². The van der Waals surface area contributed by atoms with E-state index in [9.17, 15) is 4.79 Å². The van der Waals surface area contributed by atoms with E-state index in [1.165, 1.54) is 18.4 Å². The Morgan fingerprint density at radius 1 is 1.42 bits per heavy atom. The Morgan fingerprint density at radius 2 is 2.25 bits per heavy atom. The fourth-order valence-corrected chi connectivity index (χ4v) is 3.65. The van der Waals surface area contributed by atoms with E-state index in [0.29, 0.717) is 18.8 Å². The summed E-state index contributed by atoms with van der Waals surface area (Å²) in [7, 11) is 3.60. The summed E-state index contributed by atoms with van der Waals surface area (Å²) in [5.41, 5.74) is 3.14. The van der Waals surface area contributed by atoms with Crippen LogP contribution in [0.15, 0.2) is 24.5 Å². The number of carbonyl (C=O) groups excluding carboxylic acids is 1. The third-order valence-electron chi connectivity index (χ3n) is 5.15. The molecular formula is C18H24N4O2. The SMILES string of the molecule is COCC1c2c(cnn2CC2CC2)CCN1C(=O)c1cccn1C. The Bertz CT molecular complexity index is 744. The van der Waals surface area contributed by atoms with Crippen molar-refractivity contribution >= 4 is 5.91 Å². The van der Waals surface area contributed by atoms with Crippen LogP contribution in [0.3, 0.4) is 0 Å². The molecule has 24 heavy (non-hydrogen) atoms. The Hall–Kier alpha value is -2.08. The van der Waals surface area contributed by atoms with Gasteiger partial charge in [-0.2, -0.15) is 5.10 Å². The van der Waals surface area contributed by atoms with Crippen LogP contribution in [0.5, 0.6) is 0 Å². The number of rotatable bonds is 5. The van der Waals surface area contributed by atoms with Gasteiger partial charge in [-0.05, 0) is 42.9 Å². The van der Waals surface area contributed by atoms with Crippen LogP contribution in [0, 0.1) is 5.92 Å². The van der Waals surface area contributed by atoms with Crippen LogP contribution in [-0.2, 0) is 24.8 Å². The van der Waals surface area contributed by atoms with Crippen LogP contribution >= 0.6 is 0 Å². The first-order valence-corrected chi connectivity index (χ1v) is 8.65. The van der Waals surface area contributed by atoms with Crippen molar-refractivity contribution in [2.24, 2.45) is 13.0 Å². The van der Waals surface area contributed by atoms with Crippen molar-refractivity contribution in [3.8, 4) is 0 Å². The monoisotopic (exact) mass is 328 g/mol. The second-order valence-electron chi connectivity index (χ2n) is 6.90. The highest BCUT2D eigenvalue weighted by Crippen LogP contribution is 2.35. The fraction of sp³-hybridized carbons (Fsp3) is 0.556. The number of ether oxygens (including phenoxy) is 1. The van der Waals surface area contributed by atoms with Gasteiger partial charge in [-0.15, -0.1) is 0 Å². The fourth-order valence-electron chi connectivity index (χ4n) is 3.65. The van der Waals surface area contributed by atoms with Gasteiger partial charge < -0.3 is 14.2 Å². The summed E-state index contributed by atoms with van der Waals surface area (Å²) in [4.78, 5) is 15.0. The summed E-state index contributed by atoms with van der Waals surface area (Å²) >= 11 is 0. The molecule has 3 heterocycles. The van der Waals surface area contributed by atoms with E-state index in [-0.39, 0.29) is 11.9 Å². The molecule has 2 aromatic heterocycles. The molecule has 6 nitrogen and oxygen atoms in total. The third kappa shape index (κ3) is 2.65. The van der Waals surface area contributed by atoms with Crippen molar-refractivity contribution in [3.63, 3.8) is 0 Å².